The van der Waals surface area contributed by atoms with Crippen LogP contribution in [0.3, 0.4) is 0 Å². The monoisotopic (exact) mass is 407 g/mol. The summed E-state index contributed by atoms with van der Waals surface area (Å²) >= 11 is 0. The first kappa shape index (κ1) is 20.5. The quantitative estimate of drug-likeness (QED) is 0.713. The van der Waals surface area contributed by atoms with Gasteiger partial charge in [-0.1, -0.05) is 18.2 Å². The second-order valence-electron chi connectivity index (χ2n) is 8.33. The summed E-state index contributed by atoms with van der Waals surface area (Å²) in [5.74, 6) is 6.19. The molecule has 30 heavy (non-hydrogen) atoms. The van der Waals surface area contributed by atoms with E-state index in [1.807, 2.05) is 40.9 Å². The van der Waals surface area contributed by atoms with Crippen molar-refractivity contribution in [1.82, 2.24) is 24.9 Å². The number of ether oxygens (including phenoxy) is 1. The minimum Gasteiger partial charge on any atom is -0.374 e. The summed E-state index contributed by atoms with van der Waals surface area (Å²) in [6, 6.07) is 5.78. The topological polar surface area (TPSA) is 73.1 Å². The second-order valence-corrected chi connectivity index (χ2v) is 8.33. The van der Waals surface area contributed by atoms with Crippen LogP contribution in [0.25, 0.3) is 0 Å². The van der Waals surface area contributed by atoms with E-state index in [-0.39, 0.29) is 30.1 Å². The third-order valence-electron chi connectivity index (χ3n) is 6.05. The maximum Gasteiger partial charge on any atom is 0.228 e. The second kappa shape index (κ2) is 9.40. The molecule has 0 unspecified atom stereocenters. The van der Waals surface area contributed by atoms with Gasteiger partial charge in [0.2, 0.25) is 5.91 Å². The number of pyridine rings is 1. The molecule has 2 aromatic heterocycles. The number of aromatic nitrogens is 4. The van der Waals surface area contributed by atoms with Crippen LogP contribution >= 0.6 is 0 Å². The molecule has 2 aromatic rings. The van der Waals surface area contributed by atoms with E-state index in [9.17, 15) is 4.79 Å². The molecule has 0 aromatic carbocycles. The Bertz CT molecular complexity index is 910. The SMILES string of the molecule is C[C@H](C[C@@H]1CC[C@H]([C@@H](C)C(=O)N2CCCC2)O1)n1cc(C#Cc2ccccn2)nn1. The fraction of sp³-hybridized carbons (Fsp3) is 0.565. The molecule has 4 rings (SSSR count). The Balaban J connectivity index is 1.29. The van der Waals surface area contributed by atoms with Crippen LogP contribution in [0.4, 0.5) is 0 Å². The average molecular weight is 408 g/mol. The Morgan fingerprint density at radius 2 is 2.00 bits per heavy atom. The largest absolute Gasteiger partial charge is 0.374 e. The molecule has 2 aliphatic heterocycles. The van der Waals surface area contributed by atoms with Gasteiger partial charge in [0, 0.05) is 19.3 Å². The van der Waals surface area contributed by atoms with Gasteiger partial charge in [-0.15, -0.1) is 5.10 Å². The van der Waals surface area contributed by atoms with Crippen LogP contribution in [0.5, 0.6) is 0 Å². The zero-order valence-corrected chi connectivity index (χ0v) is 17.7. The Hall–Kier alpha value is -2.72. The van der Waals surface area contributed by atoms with Gasteiger partial charge in [-0.3, -0.25) is 4.79 Å². The number of hydrogen-bond acceptors (Lipinski definition) is 5. The Morgan fingerprint density at radius 3 is 2.77 bits per heavy atom. The van der Waals surface area contributed by atoms with E-state index in [0.717, 1.165) is 45.2 Å². The van der Waals surface area contributed by atoms with Crippen LogP contribution < -0.4 is 0 Å². The molecular weight excluding hydrogens is 378 g/mol. The minimum absolute atomic E-state index is 0.0193. The lowest BCUT2D eigenvalue weighted by atomic mass is 9.99. The lowest BCUT2D eigenvalue weighted by Crippen LogP contribution is -2.38. The zero-order chi connectivity index (χ0) is 20.9. The molecule has 1 amide bonds. The molecule has 0 saturated carbocycles. The maximum absolute atomic E-state index is 12.7. The molecule has 4 heterocycles. The lowest BCUT2D eigenvalue weighted by molar-refractivity contribution is -0.138. The summed E-state index contributed by atoms with van der Waals surface area (Å²) in [5, 5.41) is 8.39. The van der Waals surface area contributed by atoms with Crippen molar-refractivity contribution in [2.24, 2.45) is 5.92 Å². The molecule has 0 spiro atoms. The molecule has 0 N–H and O–H groups in total. The van der Waals surface area contributed by atoms with Crippen LogP contribution in [0.15, 0.2) is 30.6 Å². The lowest BCUT2D eigenvalue weighted by Gasteiger charge is -2.25. The first-order valence-electron chi connectivity index (χ1n) is 10.9. The summed E-state index contributed by atoms with van der Waals surface area (Å²) in [4.78, 5) is 18.8. The molecule has 7 heteroatoms. The van der Waals surface area contributed by atoms with Gasteiger partial charge in [0.15, 0.2) is 5.69 Å². The number of amides is 1. The molecule has 2 aliphatic rings. The number of carbonyl (C=O) groups excluding carboxylic acids is 1. The highest BCUT2D eigenvalue weighted by molar-refractivity contribution is 5.79. The van der Waals surface area contributed by atoms with E-state index in [0.29, 0.717) is 11.4 Å². The average Bonchev–Trinajstić information content (AvgIpc) is 3.54. The number of hydrogen-bond donors (Lipinski definition) is 0. The fourth-order valence-electron chi connectivity index (χ4n) is 4.26. The predicted octanol–water partition coefficient (Wildman–Crippen LogP) is 2.83. The maximum atomic E-state index is 12.7. The Labute approximate surface area is 177 Å². The van der Waals surface area contributed by atoms with Crippen LogP contribution in [0.2, 0.25) is 0 Å². The predicted molar refractivity (Wildman–Crippen MR) is 112 cm³/mol. The molecular formula is C23H29N5O2. The summed E-state index contributed by atoms with van der Waals surface area (Å²) in [6.07, 6.45) is 8.76. The van der Waals surface area contributed by atoms with Gasteiger partial charge in [-0.25, -0.2) is 9.67 Å². The van der Waals surface area contributed by atoms with Gasteiger partial charge in [0.25, 0.3) is 0 Å². The van der Waals surface area contributed by atoms with Crippen LogP contribution in [-0.4, -0.2) is 56.1 Å². The van der Waals surface area contributed by atoms with Crippen molar-refractivity contribution in [1.29, 1.82) is 0 Å². The molecule has 0 bridgehead atoms. The Morgan fingerprint density at radius 1 is 1.20 bits per heavy atom. The van der Waals surface area contributed by atoms with Gasteiger partial charge >= 0.3 is 0 Å². The van der Waals surface area contributed by atoms with Crippen LogP contribution in [0, 0.1) is 17.8 Å². The number of likely N-dealkylation sites (tertiary alicyclic amines) is 1. The Kier molecular flexibility index (Phi) is 6.44. The number of rotatable bonds is 5. The van der Waals surface area contributed by atoms with Gasteiger partial charge < -0.3 is 9.64 Å². The smallest absolute Gasteiger partial charge is 0.228 e. The highest BCUT2D eigenvalue weighted by Crippen LogP contribution is 2.31. The van der Waals surface area contributed by atoms with E-state index in [1.165, 1.54) is 0 Å². The van der Waals surface area contributed by atoms with Crippen LogP contribution in [0.1, 0.15) is 63.4 Å². The molecule has 0 aliphatic carbocycles. The highest BCUT2D eigenvalue weighted by Gasteiger charge is 2.36. The van der Waals surface area contributed by atoms with E-state index >= 15 is 0 Å². The van der Waals surface area contributed by atoms with Gasteiger partial charge in [0.05, 0.1) is 30.4 Å². The van der Waals surface area contributed by atoms with Gasteiger partial charge in [-0.2, -0.15) is 0 Å². The van der Waals surface area contributed by atoms with Crippen molar-refractivity contribution in [3.05, 3.63) is 42.0 Å². The van der Waals surface area contributed by atoms with Crippen LogP contribution in [-0.2, 0) is 9.53 Å². The minimum atomic E-state index is -0.0664. The van der Waals surface area contributed by atoms with Gasteiger partial charge in [-0.05, 0) is 63.0 Å². The summed E-state index contributed by atoms with van der Waals surface area (Å²) in [5.41, 5.74) is 1.34. The van der Waals surface area contributed by atoms with Crippen molar-refractivity contribution < 1.29 is 9.53 Å². The first-order valence-corrected chi connectivity index (χ1v) is 10.9. The zero-order valence-electron chi connectivity index (χ0n) is 17.7. The van der Waals surface area contributed by atoms with E-state index in [4.69, 9.17) is 4.74 Å². The molecule has 158 valence electrons. The third kappa shape index (κ3) is 4.88. The molecule has 0 radical (unpaired) electrons. The number of nitrogens with zero attached hydrogens (tertiary/aromatic N) is 5. The van der Waals surface area contributed by atoms with Crippen molar-refractivity contribution in [2.75, 3.05) is 13.1 Å². The van der Waals surface area contributed by atoms with E-state index in [1.54, 1.807) is 6.20 Å². The fourth-order valence-corrected chi connectivity index (χ4v) is 4.26. The summed E-state index contributed by atoms with van der Waals surface area (Å²) in [6.45, 7) is 5.92. The van der Waals surface area contributed by atoms with Gasteiger partial charge in [0.1, 0.15) is 5.69 Å². The first-order chi connectivity index (χ1) is 14.6. The highest BCUT2D eigenvalue weighted by atomic mass is 16.5. The summed E-state index contributed by atoms with van der Waals surface area (Å²) < 4.78 is 8.11. The van der Waals surface area contributed by atoms with E-state index in [2.05, 4.69) is 34.1 Å². The standard InChI is InChI=1S/C23H29N5O2/c1-17(28-16-20(25-26-28)9-8-19-7-3-4-12-24-19)15-21-10-11-22(30-21)18(2)23(29)27-13-5-6-14-27/h3-4,7,12,16-18,21-22H,5-6,10-11,13-15H2,1-2H3/t17-,18-,21+,22-/m1/s1. The molecule has 7 nitrogen and oxygen atoms in total. The normalized spacial score (nSPS) is 23.1. The van der Waals surface area contributed by atoms with E-state index < -0.39 is 0 Å². The molecule has 4 atom stereocenters. The molecule has 2 fully saturated rings. The molecule has 2 saturated heterocycles. The van der Waals surface area contributed by atoms with Crippen molar-refractivity contribution in [3.63, 3.8) is 0 Å². The van der Waals surface area contributed by atoms with Crippen molar-refractivity contribution in [2.45, 2.75) is 64.2 Å². The summed E-state index contributed by atoms with van der Waals surface area (Å²) in [7, 11) is 0. The van der Waals surface area contributed by atoms with Crippen molar-refractivity contribution in [3.8, 4) is 11.8 Å². The van der Waals surface area contributed by atoms with Crippen molar-refractivity contribution >= 4 is 5.91 Å². The third-order valence-corrected chi connectivity index (χ3v) is 6.05. The number of carbonyl (C=O) groups is 1.